The molecule has 0 atom stereocenters. The van der Waals surface area contributed by atoms with Gasteiger partial charge in [-0.3, -0.25) is 4.68 Å². The third-order valence-corrected chi connectivity index (χ3v) is 3.12. The average Bonchev–Trinajstić information content (AvgIpc) is 2.95. The average molecular weight is 277 g/mol. The Balaban J connectivity index is 2.35. The first kappa shape index (κ1) is 14.2. The lowest BCUT2D eigenvalue weighted by Crippen LogP contribution is -2.12. The van der Waals surface area contributed by atoms with Gasteiger partial charge in [-0.25, -0.2) is 9.48 Å². The Hall–Kier alpha value is -2.18. The molecule has 7 nitrogen and oxygen atoms in total. The summed E-state index contributed by atoms with van der Waals surface area (Å²) in [7, 11) is 0. The Morgan fingerprint density at radius 1 is 1.35 bits per heavy atom. The molecule has 0 fully saturated rings. The van der Waals surface area contributed by atoms with Gasteiger partial charge in [0.05, 0.1) is 23.6 Å². The molecule has 0 aliphatic rings. The molecule has 20 heavy (non-hydrogen) atoms. The molecule has 2 aromatic heterocycles. The number of aromatic nitrogens is 5. The van der Waals surface area contributed by atoms with Crippen LogP contribution in [0.3, 0.4) is 0 Å². The van der Waals surface area contributed by atoms with Crippen LogP contribution in [0.5, 0.6) is 0 Å². The molecule has 0 spiro atoms. The van der Waals surface area contributed by atoms with E-state index in [4.69, 9.17) is 5.11 Å². The fourth-order valence-electron chi connectivity index (χ4n) is 2.26. The lowest BCUT2D eigenvalue weighted by molar-refractivity contribution is 0.0689. The topological polar surface area (TPSA) is 85.8 Å². The summed E-state index contributed by atoms with van der Waals surface area (Å²) in [6.07, 6.45) is 1.49. The molecule has 0 bridgehead atoms. The number of hydrogen-bond donors (Lipinski definition) is 1. The van der Waals surface area contributed by atoms with Crippen molar-refractivity contribution < 1.29 is 9.90 Å². The number of aryl methyl sites for hydroxylation is 2. The van der Waals surface area contributed by atoms with Crippen LogP contribution in [0.15, 0.2) is 6.07 Å². The van der Waals surface area contributed by atoms with Gasteiger partial charge >= 0.3 is 5.97 Å². The molecular weight excluding hydrogens is 258 g/mol. The van der Waals surface area contributed by atoms with Crippen LogP contribution in [0.25, 0.3) is 0 Å². The summed E-state index contributed by atoms with van der Waals surface area (Å²) in [6.45, 7) is 7.22. The highest BCUT2D eigenvalue weighted by Crippen LogP contribution is 2.12. The first-order valence-corrected chi connectivity index (χ1v) is 6.75. The maximum Gasteiger partial charge on any atom is 0.358 e. The van der Waals surface area contributed by atoms with Crippen LogP contribution >= 0.6 is 0 Å². The molecule has 0 saturated carbocycles. The summed E-state index contributed by atoms with van der Waals surface area (Å²) >= 11 is 0. The lowest BCUT2D eigenvalue weighted by Gasteiger charge is -2.07. The molecule has 0 radical (unpaired) electrons. The van der Waals surface area contributed by atoms with Crippen molar-refractivity contribution in [3.8, 4) is 0 Å². The molecule has 2 rings (SSSR count). The normalized spacial score (nSPS) is 10.9. The van der Waals surface area contributed by atoms with Crippen molar-refractivity contribution >= 4 is 5.97 Å². The molecular formula is C13H19N5O2. The summed E-state index contributed by atoms with van der Waals surface area (Å²) < 4.78 is 3.56. The Bertz CT molecular complexity index is 614. The molecule has 108 valence electrons. The molecule has 0 aromatic carbocycles. The number of aromatic carboxylic acids is 1. The molecule has 0 aliphatic heterocycles. The molecule has 0 unspecified atom stereocenters. The third-order valence-electron chi connectivity index (χ3n) is 3.12. The summed E-state index contributed by atoms with van der Waals surface area (Å²) in [6, 6.07) is 1.99. The van der Waals surface area contributed by atoms with Gasteiger partial charge in [0, 0.05) is 6.54 Å². The highest BCUT2D eigenvalue weighted by Gasteiger charge is 2.19. The van der Waals surface area contributed by atoms with Crippen molar-refractivity contribution in [3.63, 3.8) is 0 Å². The zero-order chi connectivity index (χ0) is 14.7. The monoisotopic (exact) mass is 277 g/mol. The number of hydrogen-bond acceptors (Lipinski definition) is 4. The fourth-order valence-corrected chi connectivity index (χ4v) is 2.26. The van der Waals surface area contributed by atoms with E-state index in [1.54, 1.807) is 4.68 Å². The Morgan fingerprint density at radius 2 is 2.10 bits per heavy atom. The van der Waals surface area contributed by atoms with Crippen molar-refractivity contribution in [2.24, 2.45) is 0 Å². The van der Waals surface area contributed by atoms with Crippen LogP contribution in [-0.2, 0) is 19.5 Å². The minimum absolute atomic E-state index is 0.0473. The van der Waals surface area contributed by atoms with E-state index in [1.807, 2.05) is 31.5 Å². The van der Waals surface area contributed by atoms with Gasteiger partial charge in [-0.15, -0.1) is 5.10 Å². The number of carbonyl (C=O) groups is 1. The number of rotatable bonds is 6. The molecule has 0 amide bonds. The van der Waals surface area contributed by atoms with Crippen molar-refractivity contribution in [2.75, 3.05) is 0 Å². The maximum absolute atomic E-state index is 11.2. The van der Waals surface area contributed by atoms with Gasteiger partial charge in [-0.05, 0) is 26.3 Å². The first-order chi connectivity index (χ1) is 9.56. The van der Waals surface area contributed by atoms with Crippen LogP contribution in [0.1, 0.15) is 47.8 Å². The quantitative estimate of drug-likeness (QED) is 0.864. The molecule has 2 heterocycles. The van der Waals surface area contributed by atoms with E-state index in [0.29, 0.717) is 18.7 Å². The van der Waals surface area contributed by atoms with E-state index in [0.717, 1.165) is 24.4 Å². The van der Waals surface area contributed by atoms with Gasteiger partial charge in [-0.1, -0.05) is 18.6 Å². The fraction of sp³-hybridized carbons (Fsp3) is 0.538. The van der Waals surface area contributed by atoms with Crippen molar-refractivity contribution in [1.82, 2.24) is 24.8 Å². The highest BCUT2D eigenvalue weighted by atomic mass is 16.4. The summed E-state index contributed by atoms with van der Waals surface area (Å²) in [5.74, 6) is -1.03. The van der Waals surface area contributed by atoms with E-state index < -0.39 is 5.97 Å². The van der Waals surface area contributed by atoms with Crippen LogP contribution in [0, 0.1) is 6.92 Å². The highest BCUT2D eigenvalue weighted by molar-refractivity contribution is 5.86. The van der Waals surface area contributed by atoms with Crippen LogP contribution < -0.4 is 0 Å². The molecule has 7 heteroatoms. The predicted molar refractivity (Wildman–Crippen MR) is 72.7 cm³/mol. The summed E-state index contributed by atoms with van der Waals surface area (Å²) in [5, 5.41) is 21.3. The summed E-state index contributed by atoms with van der Waals surface area (Å²) in [4.78, 5) is 11.2. The van der Waals surface area contributed by atoms with Crippen molar-refractivity contribution in [3.05, 3.63) is 28.8 Å². The number of nitrogens with zero attached hydrogens (tertiary/aromatic N) is 5. The van der Waals surface area contributed by atoms with E-state index in [1.165, 1.54) is 0 Å². The minimum atomic E-state index is -1.03. The molecule has 2 aromatic rings. The van der Waals surface area contributed by atoms with E-state index >= 15 is 0 Å². The maximum atomic E-state index is 11.2. The van der Waals surface area contributed by atoms with Gasteiger partial charge < -0.3 is 5.11 Å². The smallest absolute Gasteiger partial charge is 0.358 e. The lowest BCUT2D eigenvalue weighted by atomic mass is 10.2. The van der Waals surface area contributed by atoms with Gasteiger partial charge in [-0.2, -0.15) is 5.10 Å². The second kappa shape index (κ2) is 5.85. The summed E-state index contributed by atoms with van der Waals surface area (Å²) in [5.41, 5.74) is 2.66. The van der Waals surface area contributed by atoms with Gasteiger partial charge in [0.1, 0.15) is 0 Å². The van der Waals surface area contributed by atoms with E-state index in [9.17, 15) is 4.79 Å². The molecule has 1 N–H and O–H groups in total. The van der Waals surface area contributed by atoms with E-state index in [2.05, 4.69) is 15.4 Å². The second-order valence-corrected chi connectivity index (χ2v) is 4.69. The molecule has 0 saturated heterocycles. The first-order valence-electron chi connectivity index (χ1n) is 6.75. The Morgan fingerprint density at radius 3 is 2.70 bits per heavy atom. The number of carboxylic acids is 1. The predicted octanol–water partition coefficient (Wildman–Crippen LogP) is 1.50. The van der Waals surface area contributed by atoms with Gasteiger partial charge in [0.2, 0.25) is 0 Å². The Labute approximate surface area is 117 Å². The van der Waals surface area contributed by atoms with Crippen LogP contribution in [0.2, 0.25) is 0 Å². The zero-order valence-electron chi connectivity index (χ0n) is 12.0. The standard InChI is InChI=1S/C13H19N5O2/c1-4-6-11-12(13(19)20)14-16-18(11)8-10-7-9(3)15-17(10)5-2/h7H,4-6,8H2,1-3H3,(H,19,20). The second-order valence-electron chi connectivity index (χ2n) is 4.69. The van der Waals surface area contributed by atoms with Gasteiger partial charge in [0.25, 0.3) is 0 Å². The van der Waals surface area contributed by atoms with Crippen LogP contribution in [0.4, 0.5) is 0 Å². The zero-order valence-corrected chi connectivity index (χ0v) is 12.0. The molecule has 0 aliphatic carbocycles. The van der Waals surface area contributed by atoms with Crippen molar-refractivity contribution in [1.29, 1.82) is 0 Å². The third kappa shape index (κ3) is 2.71. The van der Waals surface area contributed by atoms with E-state index in [-0.39, 0.29) is 5.69 Å². The number of carboxylic acid groups (broad SMARTS) is 1. The Kier molecular flexibility index (Phi) is 4.16. The SMILES string of the molecule is CCCc1c(C(=O)O)nnn1Cc1cc(C)nn1CC. The van der Waals surface area contributed by atoms with Crippen molar-refractivity contribution in [2.45, 2.75) is 46.7 Å². The minimum Gasteiger partial charge on any atom is -0.476 e. The van der Waals surface area contributed by atoms with Crippen LogP contribution in [-0.4, -0.2) is 35.9 Å². The van der Waals surface area contributed by atoms with Gasteiger partial charge in [0.15, 0.2) is 5.69 Å². The largest absolute Gasteiger partial charge is 0.476 e.